The first kappa shape index (κ1) is 20.3. The van der Waals surface area contributed by atoms with Gasteiger partial charge in [-0.05, 0) is 57.0 Å². The molecule has 1 aromatic carbocycles. The van der Waals surface area contributed by atoms with E-state index < -0.39 is 0 Å². The molecule has 0 aliphatic rings. The van der Waals surface area contributed by atoms with Gasteiger partial charge in [0.05, 0.1) is 24.2 Å². The number of esters is 1. The lowest BCUT2D eigenvalue weighted by Gasteiger charge is -2.08. The minimum Gasteiger partial charge on any atom is -0.469 e. The SMILES string of the molecule is COC(=O)CCc1c(C)nn(-c2ccc(C(=O)Nc3cc(C)nn3C)cc2)c1C. The van der Waals surface area contributed by atoms with Crippen molar-refractivity contribution in [3.05, 3.63) is 58.5 Å². The van der Waals surface area contributed by atoms with Gasteiger partial charge in [-0.15, -0.1) is 0 Å². The van der Waals surface area contributed by atoms with E-state index in [1.165, 1.54) is 7.11 Å². The third kappa shape index (κ3) is 4.37. The van der Waals surface area contributed by atoms with Gasteiger partial charge in [-0.25, -0.2) is 4.68 Å². The van der Waals surface area contributed by atoms with Crippen molar-refractivity contribution < 1.29 is 14.3 Å². The fourth-order valence-corrected chi connectivity index (χ4v) is 3.29. The van der Waals surface area contributed by atoms with E-state index in [-0.39, 0.29) is 11.9 Å². The number of rotatable bonds is 6. The molecular formula is C21H25N5O3. The molecule has 0 fully saturated rings. The number of hydrogen-bond donors (Lipinski definition) is 1. The van der Waals surface area contributed by atoms with Gasteiger partial charge in [-0.2, -0.15) is 10.2 Å². The molecule has 0 atom stereocenters. The number of carbonyl (C=O) groups excluding carboxylic acids is 2. The normalized spacial score (nSPS) is 10.8. The van der Waals surface area contributed by atoms with Crippen LogP contribution >= 0.6 is 0 Å². The maximum Gasteiger partial charge on any atom is 0.305 e. The number of nitrogens with zero attached hydrogens (tertiary/aromatic N) is 4. The minimum atomic E-state index is -0.240. The summed E-state index contributed by atoms with van der Waals surface area (Å²) in [5, 5.41) is 11.7. The molecular weight excluding hydrogens is 370 g/mol. The van der Waals surface area contributed by atoms with Crippen LogP contribution in [-0.4, -0.2) is 38.5 Å². The quantitative estimate of drug-likeness (QED) is 0.648. The van der Waals surface area contributed by atoms with Crippen LogP contribution in [-0.2, 0) is 23.0 Å². The van der Waals surface area contributed by atoms with E-state index in [9.17, 15) is 9.59 Å². The zero-order chi connectivity index (χ0) is 21.1. The van der Waals surface area contributed by atoms with Crippen molar-refractivity contribution in [3.8, 4) is 5.69 Å². The highest BCUT2D eigenvalue weighted by Gasteiger charge is 2.15. The lowest BCUT2D eigenvalue weighted by Crippen LogP contribution is -2.14. The molecule has 8 heteroatoms. The molecule has 0 aliphatic heterocycles. The van der Waals surface area contributed by atoms with Crippen molar-refractivity contribution in [2.45, 2.75) is 33.6 Å². The second kappa shape index (κ2) is 8.30. The van der Waals surface area contributed by atoms with Crippen molar-refractivity contribution in [2.75, 3.05) is 12.4 Å². The fourth-order valence-electron chi connectivity index (χ4n) is 3.29. The fraction of sp³-hybridized carbons (Fsp3) is 0.333. The van der Waals surface area contributed by atoms with Gasteiger partial charge in [0.1, 0.15) is 5.82 Å². The lowest BCUT2D eigenvalue weighted by atomic mass is 10.1. The summed E-state index contributed by atoms with van der Waals surface area (Å²) >= 11 is 0. The number of aryl methyl sites for hydroxylation is 3. The largest absolute Gasteiger partial charge is 0.469 e. The van der Waals surface area contributed by atoms with Gasteiger partial charge < -0.3 is 10.1 Å². The van der Waals surface area contributed by atoms with Crippen molar-refractivity contribution in [1.29, 1.82) is 0 Å². The maximum atomic E-state index is 12.5. The Morgan fingerprint density at radius 1 is 1.10 bits per heavy atom. The number of carbonyl (C=O) groups is 2. The van der Waals surface area contributed by atoms with Gasteiger partial charge in [-0.3, -0.25) is 14.3 Å². The van der Waals surface area contributed by atoms with Gasteiger partial charge in [0.2, 0.25) is 0 Å². The zero-order valence-electron chi connectivity index (χ0n) is 17.3. The van der Waals surface area contributed by atoms with E-state index in [1.54, 1.807) is 23.9 Å². The predicted molar refractivity (Wildman–Crippen MR) is 109 cm³/mol. The Bertz CT molecular complexity index is 1050. The first-order valence-electron chi connectivity index (χ1n) is 9.34. The van der Waals surface area contributed by atoms with E-state index in [0.29, 0.717) is 24.2 Å². The average molecular weight is 395 g/mol. The molecule has 0 saturated heterocycles. The van der Waals surface area contributed by atoms with E-state index >= 15 is 0 Å². The third-order valence-corrected chi connectivity index (χ3v) is 4.87. The summed E-state index contributed by atoms with van der Waals surface area (Å²) in [6, 6.07) is 9.05. The molecule has 1 N–H and O–H groups in total. The maximum absolute atomic E-state index is 12.5. The molecule has 2 aromatic heterocycles. The van der Waals surface area contributed by atoms with E-state index in [2.05, 4.69) is 15.5 Å². The van der Waals surface area contributed by atoms with Crippen molar-refractivity contribution in [2.24, 2.45) is 7.05 Å². The molecule has 8 nitrogen and oxygen atoms in total. The van der Waals surface area contributed by atoms with Gasteiger partial charge in [0.15, 0.2) is 0 Å². The number of benzene rings is 1. The molecule has 0 aliphatic carbocycles. The van der Waals surface area contributed by atoms with Crippen molar-refractivity contribution in [1.82, 2.24) is 19.6 Å². The second-order valence-corrected chi connectivity index (χ2v) is 6.93. The Morgan fingerprint density at radius 3 is 2.38 bits per heavy atom. The summed E-state index contributed by atoms with van der Waals surface area (Å²) < 4.78 is 8.18. The van der Waals surface area contributed by atoms with Gasteiger partial charge >= 0.3 is 5.97 Å². The summed E-state index contributed by atoms with van der Waals surface area (Å²) in [7, 11) is 3.17. The number of methoxy groups -OCH3 is 1. The topological polar surface area (TPSA) is 91.0 Å². The Hall–Kier alpha value is -3.42. The van der Waals surface area contributed by atoms with Gasteiger partial charge in [0, 0.05) is 30.8 Å². The summed E-state index contributed by atoms with van der Waals surface area (Å²) in [5.74, 6) is 0.201. The van der Waals surface area contributed by atoms with Crippen LogP contribution in [0.3, 0.4) is 0 Å². The summed E-state index contributed by atoms with van der Waals surface area (Å²) in [6.45, 7) is 5.77. The van der Waals surface area contributed by atoms with Gasteiger partial charge in [-0.1, -0.05) is 0 Å². The highest BCUT2D eigenvalue weighted by atomic mass is 16.5. The van der Waals surface area contributed by atoms with Crippen LogP contribution in [0.25, 0.3) is 5.69 Å². The summed E-state index contributed by atoms with van der Waals surface area (Å²) in [5.41, 5.74) is 5.10. The molecule has 152 valence electrons. The van der Waals surface area contributed by atoms with Crippen LogP contribution in [0.5, 0.6) is 0 Å². The number of amides is 1. The monoisotopic (exact) mass is 395 g/mol. The number of anilines is 1. The minimum absolute atomic E-state index is 0.202. The molecule has 0 bridgehead atoms. The molecule has 0 radical (unpaired) electrons. The standard InChI is InChI=1S/C21H25N5O3/c1-13-12-19(25(4)23-13)22-21(28)16-6-8-17(9-7-16)26-15(3)18(14(2)24-26)10-11-20(27)29-5/h6-9,12H,10-11H2,1-5H3,(H,22,28). The molecule has 3 rings (SSSR count). The number of ether oxygens (including phenoxy) is 1. The van der Waals surface area contributed by atoms with E-state index in [1.807, 2.05) is 43.7 Å². The van der Waals surface area contributed by atoms with Gasteiger partial charge in [0.25, 0.3) is 5.91 Å². The first-order valence-corrected chi connectivity index (χ1v) is 9.34. The van der Waals surface area contributed by atoms with Crippen LogP contribution in [0, 0.1) is 20.8 Å². The highest BCUT2D eigenvalue weighted by molar-refractivity contribution is 6.03. The molecule has 0 saturated carbocycles. The number of hydrogen-bond acceptors (Lipinski definition) is 5. The average Bonchev–Trinajstić information content (AvgIpc) is 3.17. The van der Waals surface area contributed by atoms with E-state index in [4.69, 9.17) is 4.74 Å². The Kier molecular flexibility index (Phi) is 5.81. The smallest absolute Gasteiger partial charge is 0.305 e. The van der Waals surface area contributed by atoms with E-state index in [0.717, 1.165) is 28.3 Å². The Labute approximate surface area is 169 Å². The first-order chi connectivity index (χ1) is 13.8. The van der Waals surface area contributed by atoms with Crippen LogP contribution in [0.15, 0.2) is 30.3 Å². The van der Waals surface area contributed by atoms with Crippen LogP contribution in [0.1, 0.15) is 39.4 Å². The highest BCUT2D eigenvalue weighted by Crippen LogP contribution is 2.20. The zero-order valence-corrected chi connectivity index (χ0v) is 17.3. The van der Waals surface area contributed by atoms with Crippen LogP contribution in [0.2, 0.25) is 0 Å². The third-order valence-electron chi connectivity index (χ3n) is 4.87. The Balaban J connectivity index is 1.77. The molecule has 0 unspecified atom stereocenters. The van der Waals surface area contributed by atoms with Crippen molar-refractivity contribution in [3.63, 3.8) is 0 Å². The second-order valence-electron chi connectivity index (χ2n) is 6.93. The lowest BCUT2D eigenvalue weighted by molar-refractivity contribution is -0.140. The molecule has 3 aromatic rings. The molecule has 0 spiro atoms. The number of aromatic nitrogens is 4. The van der Waals surface area contributed by atoms with Crippen LogP contribution in [0.4, 0.5) is 5.82 Å². The van der Waals surface area contributed by atoms with Crippen LogP contribution < -0.4 is 5.32 Å². The molecule has 29 heavy (non-hydrogen) atoms. The summed E-state index contributed by atoms with van der Waals surface area (Å²) in [6.07, 6.45) is 0.894. The molecule has 1 amide bonds. The summed E-state index contributed by atoms with van der Waals surface area (Å²) in [4.78, 5) is 24.0. The number of nitrogens with one attached hydrogen (secondary N) is 1. The predicted octanol–water partition coefficient (Wildman–Crippen LogP) is 2.89. The van der Waals surface area contributed by atoms with Crippen molar-refractivity contribution >= 4 is 17.7 Å². The molecule has 2 heterocycles. The Morgan fingerprint density at radius 2 is 1.79 bits per heavy atom.